The average molecular weight is 405 g/mol. The van der Waals surface area contributed by atoms with Crippen molar-refractivity contribution in [1.29, 1.82) is 0 Å². The van der Waals surface area contributed by atoms with Crippen molar-refractivity contribution in [3.05, 3.63) is 52.8 Å². The summed E-state index contributed by atoms with van der Waals surface area (Å²) >= 11 is 0. The minimum Gasteiger partial charge on any atom is -0.371 e. The molecule has 29 heavy (non-hydrogen) atoms. The number of aryl methyl sites for hydroxylation is 1. The van der Waals surface area contributed by atoms with Gasteiger partial charge in [-0.3, -0.25) is 14.1 Å². The third-order valence-electron chi connectivity index (χ3n) is 5.54. The van der Waals surface area contributed by atoms with Gasteiger partial charge in [0.05, 0.1) is 5.52 Å². The summed E-state index contributed by atoms with van der Waals surface area (Å²) in [6.45, 7) is 4.36. The SMILES string of the molecule is CCn1c(=O)n(CC2CCN(c3ccnc(C(F)(F)F)c3)CC2)c2ncccc21. The largest absolute Gasteiger partial charge is 0.433 e. The van der Waals surface area contributed by atoms with Gasteiger partial charge in [0, 0.05) is 44.3 Å². The van der Waals surface area contributed by atoms with E-state index in [-0.39, 0.29) is 11.6 Å². The molecule has 0 aromatic carbocycles. The summed E-state index contributed by atoms with van der Waals surface area (Å²) in [7, 11) is 0. The van der Waals surface area contributed by atoms with Gasteiger partial charge in [0.15, 0.2) is 5.65 Å². The molecule has 3 aromatic heterocycles. The van der Waals surface area contributed by atoms with Crippen molar-refractivity contribution in [2.45, 2.75) is 39.0 Å². The first-order chi connectivity index (χ1) is 13.9. The molecule has 1 aliphatic rings. The van der Waals surface area contributed by atoms with E-state index in [1.807, 2.05) is 24.0 Å². The quantitative estimate of drug-likeness (QED) is 0.666. The van der Waals surface area contributed by atoms with Crippen LogP contribution >= 0.6 is 0 Å². The fraction of sp³-hybridized carbons (Fsp3) is 0.450. The summed E-state index contributed by atoms with van der Waals surface area (Å²) in [5, 5.41) is 0. The number of aromatic nitrogens is 4. The van der Waals surface area contributed by atoms with Gasteiger partial charge >= 0.3 is 11.9 Å². The van der Waals surface area contributed by atoms with Gasteiger partial charge in [-0.15, -0.1) is 0 Å². The van der Waals surface area contributed by atoms with Crippen LogP contribution in [0.4, 0.5) is 18.9 Å². The molecular formula is C20H22F3N5O. The lowest BCUT2D eigenvalue weighted by Crippen LogP contribution is -2.36. The minimum absolute atomic E-state index is 0.0624. The van der Waals surface area contributed by atoms with Crippen LogP contribution in [-0.2, 0) is 19.3 Å². The highest BCUT2D eigenvalue weighted by atomic mass is 19.4. The highest BCUT2D eigenvalue weighted by Crippen LogP contribution is 2.31. The molecule has 0 unspecified atom stereocenters. The van der Waals surface area contributed by atoms with Crippen molar-refractivity contribution in [2.24, 2.45) is 5.92 Å². The zero-order valence-electron chi connectivity index (χ0n) is 16.1. The lowest BCUT2D eigenvalue weighted by Gasteiger charge is -2.33. The van der Waals surface area contributed by atoms with E-state index in [4.69, 9.17) is 0 Å². The van der Waals surface area contributed by atoms with Crippen LogP contribution < -0.4 is 10.6 Å². The van der Waals surface area contributed by atoms with Crippen LogP contribution in [0.25, 0.3) is 11.2 Å². The molecule has 6 nitrogen and oxygen atoms in total. The maximum atomic E-state index is 12.9. The van der Waals surface area contributed by atoms with E-state index in [9.17, 15) is 18.0 Å². The van der Waals surface area contributed by atoms with Gasteiger partial charge in [-0.2, -0.15) is 13.2 Å². The smallest absolute Gasteiger partial charge is 0.371 e. The van der Waals surface area contributed by atoms with E-state index in [0.29, 0.717) is 37.5 Å². The number of nitrogens with zero attached hydrogens (tertiary/aromatic N) is 5. The van der Waals surface area contributed by atoms with Gasteiger partial charge < -0.3 is 4.90 Å². The normalized spacial score (nSPS) is 15.9. The fourth-order valence-electron chi connectivity index (χ4n) is 4.02. The highest BCUT2D eigenvalue weighted by molar-refractivity contribution is 5.71. The molecule has 0 N–H and O–H groups in total. The number of hydrogen-bond donors (Lipinski definition) is 0. The predicted molar refractivity (Wildman–Crippen MR) is 104 cm³/mol. The van der Waals surface area contributed by atoms with E-state index in [1.54, 1.807) is 21.4 Å². The molecule has 4 heterocycles. The standard InChI is InChI=1S/C20H22F3N5O/c1-2-27-16-4-3-8-25-18(16)28(19(27)29)13-14-6-10-26(11-7-14)15-5-9-24-17(12-15)20(21,22)23/h3-5,8-9,12,14H,2,6-7,10-11,13H2,1H3. The van der Waals surface area contributed by atoms with Crippen molar-refractivity contribution >= 4 is 16.9 Å². The number of fused-ring (bicyclic) bond motifs is 1. The maximum Gasteiger partial charge on any atom is 0.433 e. The second-order valence-corrected chi connectivity index (χ2v) is 7.31. The Hall–Kier alpha value is -2.84. The van der Waals surface area contributed by atoms with Crippen molar-refractivity contribution in [3.8, 4) is 0 Å². The highest BCUT2D eigenvalue weighted by Gasteiger charge is 2.33. The van der Waals surface area contributed by atoms with Gasteiger partial charge in [0.25, 0.3) is 0 Å². The number of imidazole rings is 1. The molecule has 0 atom stereocenters. The molecule has 0 amide bonds. The molecular weight excluding hydrogens is 383 g/mol. The van der Waals surface area contributed by atoms with Crippen LogP contribution in [-0.4, -0.2) is 32.2 Å². The lowest BCUT2D eigenvalue weighted by molar-refractivity contribution is -0.141. The summed E-state index contributed by atoms with van der Waals surface area (Å²) in [6, 6.07) is 6.43. The Kier molecular flexibility index (Phi) is 5.06. The Labute approximate surface area is 165 Å². The molecule has 0 bridgehead atoms. The monoisotopic (exact) mass is 405 g/mol. The van der Waals surface area contributed by atoms with E-state index >= 15 is 0 Å². The number of piperidine rings is 1. The number of halogens is 3. The summed E-state index contributed by atoms with van der Waals surface area (Å²) in [4.78, 5) is 22.5. The molecule has 1 saturated heterocycles. The topological polar surface area (TPSA) is 56.0 Å². The number of rotatable bonds is 4. The Bertz CT molecular complexity index is 1060. The average Bonchev–Trinajstić information content (AvgIpc) is 2.99. The Balaban J connectivity index is 1.49. The third-order valence-corrected chi connectivity index (χ3v) is 5.54. The first kappa shape index (κ1) is 19.5. The van der Waals surface area contributed by atoms with Crippen LogP contribution in [0.2, 0.25) is 0 Å². The van der Waals surface area contributed by atoms with E-state index in [1.165, 1.54) is 6.20 Å². The summed E-state index contributed by atoms with van der Waals surface area (Å²) < 4.78 is 42.2. The molecule has 154 valence electrons. The molecule has 9 heteroatoms. The molecule has 1 fully saturated rings. The van der Waals surface area contributed by atoms with Crippen LogP contribution in [0.3, 0.4) is 0 Å². The minimum atomic E-state index is -4.45. The molecule has 3 aromatic rings. The van der Waals surface area contributed by atoms with Crippen LogP contribution in [0.15, 0.2) is 41.5 Å². The Morgan fingerprint density at radius 2 is 1.86 bits per heavy atom. The Morgan fingerprint density at radius 3 is 2.55 bits per heavy atom. The van der Waals surface area contributed by atoms with Gasteiger partial charge in [-0.25, -0.2) is 9.78 Å². The van der Waals surface area contributed by atoms with E-state index in [0.717, 1.165) is 24.4 Å². The molecule has 4 rings (SSSR count). The predicted octanol–water partition coefficient (Wildman–Crippen LogP) is 3.55. The Morgan fingerprint density at radius 1 is 1.10 bits per heavy atom. The van der Waals surface area contributed by atoms with Gasteiger partial charge in [0.2, 0.25) is 0 Å². The van der Waals surface area contributed by atoms with Crippen molar-refractivity contribution in [3.63, 3.8) is 0 Å². The molecule has 0 radical (unpaired) electrons. The summed E-state index contributed by atoms with van der Waals surface area (Å²) in [6.07, 6.45) is 0.0249. The van der Waals surface area contributed by atoms with Crippen LogP contribution in [0.1, 0.15) is 25.5 Å². The van der Waals surface area contributed by atoms with Crippen LogP contribution in [0, 0.1) is 5.92 Å². The van der Waals surface area contributed by atoms with Crippen molar-refractivity contribution in [2.75, 3.05) is 18.0 Å². The van der Waals surface area contributed by atoms with Gasteiger partial charge in [-0.05, 0) is 49.9 Å². The summed E-state index contributed by atoms with van der Waals surface area (Å²) in [5.41, 5.74) is 1.11. The third kappa shape index (κ3) is 3.73. The van der Waals surface area contributed by atoms with Crippen molar-refractivity contribution < 1.29 is 13.2 Å². The van der Waals surface area contributed by atoms with E-state index < -0.39 is 11.9 Å². The number of anilines is 1. The second-order valence-electron chi connectivity index (χ2n) is 7.31. The molecule has 0 spiro atoms. The first-order valence-electron chi connectivity index (χ1n) is 9.70. The summed E-state index contributed by atoms with van der Waals surface area (Å²) in [5.74, 6) is 0.269. The van der Waals surface area contributed by atoms with Crippen LogP contribution in [0.5, 0.6) is 0 Å². The molecule has 0 saturated carbocycles. The lowest BCUT2D eigenvalue weighted by atomic mass is 9.96. The zero-order chi connectivity index (χ0) is 20.6. The second kappa shape index (κ2) is 7.53. The number of hydrogen-bond acceptors (Lipinski definition) is 4. The number of alkyl halides is 3. The first-order valence-corrected chi connectivity index (χ1v) is 9.70. The molecule has 0 aliphatic carbocycles. The van der Waals surface area contributed by atoms with Gasteiger partial charge in [-0.1, -0.05) is 0 Å². The zero-order valence-corrected chi connectivity index (χ0v) is 16.1. The maximum absolute atomic E-state index is 12.9. The van der Waals surface area contributed by atoms with Crippen molar-refractivity contribution in [1.82, 2.24) is 19.1 Å². The van der Waals surface area contributed by atoms with Gasteiger partial charge in [0.1, 0.15) is 5.69 Å². The molecule has 1 aliphatic heterocycles. The van der Waals surface area contributed by atoms with E-state index in [2.05, 4.69) is 9.97 Å². The number of pyridine rings is 2. The fourth-order valence-corrected chi connectivity index (χ4v) is 4.02.